The summed E-state index contributed by atoms with van der Waals surface area (Å²) in [4.78, 5) is 12.2. The molecule has 0 bridgehead atoms. The van der Waals surface area contributed by atoms with Crippen molar-refractivity contribution in [2.75, 3.05) is 11.9 Å². The normalized spacial score (nSPS) is 20.0. The van der Waals surface area contributed by atoms with E-state index < -0.39 is 11.5 Å². The summed E-state index contributed by atoms with van der Waals surface area (Å²) < 4.78 is 5.37. The van der Waals surface area contributed by atoms with Crippen molar-refractivity contribution in [3.05, 3.63) is 58.6 Å². The number of hydrogen-bond donors (Lipinski definition) is 2. The fraction of sp³-hybridized carbons (Fsp3) is 0.188. The van der Waals surface area contributed by atoms with E-state index in [-0.39, 0.29) is 0 Å². The smallest absolute Gasteiger partial charge is 0.265 e. The van der Waals surface area contributed by atoms with Gasteiger partial charge in [0.2, 0.25) is 0 Å². The molecule has 21 heavy (non-hydrogen) atoms. The van der Waals surface area contributed by atoms with Crippen LogP contribution in [0.1, 0.15) is 18.1 Å². The Morgan fingerprint density at radius 1 is 1.24 bits per heavy atom. The van der Waals surface area contributed by atoms with E-state index in [1.165, 1.54) is 0 Å². The average Bonchev–Trinajstić information content (AvgIpc) is 2.73. The summed E-state index contributed by atoms with van der Waals surface area (Å²) in [6, 6.07) is 11.8. The molecule has 1 aliphatic rings. The quantitative estimate of drug-likeness (QED) is 0.916. The van der Waals surface area contributed by atoms with Crippen molar-refractivity contribution in [1.82, 2.24) is 0 Å². The number of hydrogen-bond acceptors (Lipinski definition) is 3. The maximum atomic E-state index is 12.2. The summed E-state index contributed by atoms with van der Waals surface area (Å²) in [5, 5.41) is 14.1. The Hall–Kier alpha value is -2.04. The summed E-state index contributed by atoms with van der Waals surface area (Å²) >= 11 is 5.98. The number of halogens is 1. The SMILES string of the molecule is CCOc1ccc(C2(O)C(=O)Nc3ccc(Cl)cc32)cc1. The van der Waals surface area contributed by atoms with Crippen molar-refractivity contribution < 1.29 is 14.6 Å². The predicted molar refractivity (Wildman–Crippen MR) is 80.7 cm³/mol. The van der Waals surface area contributed by atoms with Crippen LogP contribution >= 0.6 is 11.6 Å². The van der Waals surface area contributed by atoms with E-state index in [0.717, 1.165) is 0 Å². The number of anilines is 1. The molecule has 1 aliphatic heterocycles. The van der Waals surface area contributed by atoms with Crippen LogP contribution in [-0.4, -0.2) is 17.6 Å². The van der Waals surface area contributed by atoms with Crippen LogP contribution in [0.2, 0.25) is 5.02 Å². The minimum Gasteiger partial charge on any atom is -0.494 e. The highest BCUT2D eigenvalue weighted by molar-refractivity contribution is 6.31. The molecule has 0 saturated carbocycles. The number of ether oxygens (including phenoxy) is 1. The third kappa shape index (κ3) is 2.17. The molecule has 4 nitrogen and oxygen atoms in total. The summed E-state index contributed by atoms with van der Waals surface area (Å²) in [6.07, 6.45) is 0. The van der Waals surface area contributed by atoms with Gasteiger partial charge in [-0.1, -0.05) is 23.7 Å². The first-order valence-electron chi connectivity index (χ1n) is 6.63. The van der Waals surface area contributed by atoms with E-state index in [1.54, 1.807) is 42.5 Å². The van der Waals surface area contributed by atoms with Gasteiger partial charge in [0.05, 0.1) is 6.61 Å². The lowest BCUT2D eigenvalue weighted by atomic mass is 9.87. The lowest BCUT2D eigenvalue weighted by molar-refractivity contribution is -0.129. The van der Waals surface area contributed by atoms with Gasteiger partial charge < -0.3 is 15.2 Å². The Morgan fingerprint density at radius 3 is 2.62 bits per heavy atom. The molecule has 108 valence electrons. The molecule has 2 aromatic carbocycles. The van der Waals surface area contributed by atoms with Crippen molar-refractivity contribution in [2.24, 2.45) is 0 Å². The van der Waals surface area contributed by atoms with Crippen molar-refractivity contribution >= 4 is 23.2 Å². The summed E-state index contributed by atoms with van der Waals surface area (Å²) in [5.41, 5.74) is -0.222. The van der Waals surface area contributed by atoms with Crippen LogP contribution in [0, 0.1) is 0 Å². The van der Waals surface area contributed by atoms with E-state index >= 15 is 0 Å². The zero-order valence-electron chi connectivity index (χ0n) is 11.4. The van der Waals surface area contributed by atoms with Gasteiger partial charge in [0.15, 0.2) is 5.60 Å². The van der Waals surface area contributed by atoms with Crippen LogP contribution in [0.4, 0.5) is 5.69 Å². The maximum Gasteiger partial charge on any atom is 0.265 e. The first kappa shape index (κ1) is 13.9. The fourth-order valence-electron chi connectivity index (χ4n) is 2.51. The Bertz CT molecular complexity index is 699. The first-order valence-corrected chi connectivity index (χ1v) is 7.00. The van der Waals surface area contributed by atoms with Crippen molar-refractivity contribution in [3.8, 4) is 5.75 Å². The molecular formula is C16H14ClNO3. The average molecular weight is 304 g/mol. The monoisotopic (exact) mass is 303 g/mol. The Morgan fingerprint density at radius 2 is 1.95 bits per heavy atom. The second-order valence-corrected chi connectivity index (χ2v) is 5.25. The molecule has 1 atom stereocenters. The van der Waals surface area contributed by atoms with E-state index in [1.807, 2.05) is 6.92 Å². The van der Waals surface area contributed by atoms with Gasteiger partial charge in [-0.3, -0.25) is 4.79 Å². The molecular weight excluding hydrogens is 290 g/mol. The van der Waals surface area contributed by atoms with Crippen LogP contribution in [0.25, 0.3) is 0 Å². The van der Waals surface area contributed by atoms with Gasteiger partial charge in [0, 0.05) is 16.3 Å². The van der Waals surface area contributed by atoms with Gasteiger partial charge >= 0.3 is 0 Å². The van der Waals surface area contributed by atoms with Crippen molar-refractivity contribution in [1.29, 1.82) is 0 Å². The lowest BCUT2D eigenvalue weighted by Gasteiger charge is -2.21. The minimum atomic E-state index is -1.73. The molecule has 5 heteroatoms. The van der Waals surface area contributed by atoms with Gasteiger partial charge in [0.1, 0.15) is 5.75 Å². The van der Waals surface area contributed by atoms with E-state index in [9.17, 15) is 9.90 Å². The molecule has 0 saturated heterocycles. The molecule has 0 spiro atoms. The molecule has 0 aliphatic carbocycles. The predicted octanol–water partition coefficient (Wildman–Crippen LogP) is 2.93. The summed E-state index contributed by atoms with van der Waals surface area (Å²) in [5.74, 6) is 0.207. The third-order valence-electron chi connectivity index (χ3n) is 3.53. The van der Waals surface area contributed by atoms with Crippen LogP contribution < -0.4 is 10.1 Å². The van der Waals surface area contributed by atoms with E-state index in [0.29, 0.717) is 34.2 Å². The van der Waals surface area contributed by atoms with E-state index in [4.69, 9.17) is 16.3 Å². The number of fused-ring (bicyclic) bond motifs is 1. The first-order chi connectivity index (χ1) is 10.1. The lowest BCUT2D eigenvalue weighted by Crippen LogP contribution is -2.35. The Labute approximate surface area is 127 Å². The summed E-state index contributed by atoms with van der Waals surface area (Å²) in [6.45, 7) is 2.45. The number of rotatable bonds is 3. The van der Waals surface area contributed by atoms with Crippen LogP contribution in [0.3, 0.4) is 0 Å². The number of aliphatic hydroxyl groups is 1. The molecule has 2 aromatic rings. The van der Waals surface area contributed by atoms with Gasteiger partial charge in [-0.05, 0) is 42.8 Å². The zero-order valence-corrected chi connectivity index (χ0v) is 12.1. The number of carbonyl (C=O) groups is 1. The largest absolute Gasteiger partial charge is 0.494 e. The molecule has 1 heterocycles. The van der Waals surface area contributed by atoms with E-state index in [2.05, 4.69) is 5.32 Å². The summed E-state index contributed by atoms with van der Waals surface area (Å²) in [7, 11) is 0. The Kier molecular flexibility index (Phi) is 3.35. The number of amides is 1. The Balaban J connectivity index is 2.08. The highest BCUT2D eigenvalue weighted by atomic mass is 35.5. The molecule has 3 rings (SSSR count). The second kappa shape index (κ2) is 5.06. The van der Waals surface area contributed by atoms with Gasteiger partial charge in [-0.15, -0.1) is 0 Å². The van der Waals surface area contributed by atoms with Gasteiger partial charge in [-0.25, -0.2) is 0 Å². The number of nitrogens with one attached hydrogen (secondary N) is 1. The molecule has 2 N–H and O–H groups in total. The molecule has 0 fully saturated rings. The minimum absolute atomic E-state index is 0.462. The number of carbonyl (C=O) groups excluding carboxylic acids is 1. The number of benzene rings is 2. The van der Waals surface area contributed by atoms with Crippen LogP contribution in [-0.2, 0) is 10.4 Å². The van der Waals surface area contributed by atoms with Gasteiger partial charge in [-0.2, -0.15) is 0 Å². The standard InChI is InChI=1S/C16H14ClNO3/c1-2-21-12-6-3-10(4-7-12)16(20)13-9-11(17)5-8-14(13)18-15(16)19/h3-9,20H,2H2,1H3,(H,18,19). The molecule has 1 amide bonds. The fourth-order valence-corrected chi connectivity index (χ4v) is 2.68. The van der Waals surface area contributed by atoms with Crippen molar-refractivity contribution in [3.63, 3.8) is 0 Å². The second-order valence-electron chi connectivity index (χ2n) is 4.81. The molecule has 0 radical (unpaired) electrons. The molecule has 0 aromatic heterocycles. The zero-order chi connectivity index (χ0) is 15.0. The van der Waals surface area contributed by atoms with Gasteiger partial charge in [0.25, 0.3) is 5.91 Å². The highest BCUT2D eigenvalue weighted by Gasteiger charge is 2.46. The topological polar surface area (TPSA) is 58.6 Å². The van der Waals surface area contributed by atoms with Crippen molar-refractivity contribution in [2.45, 2.75) is 12.5 Å². The maximum absolute atomic E-state index is 12.2. The third-order valence-corrected chi connectivity index (χ3v) is 3.77. The van der Waals surface area contributed by atoms with Crippen LogP contribution in [0.5, 0.6) is 5.75 Å². The molecule has 1 unspecified atom stereocenters. The highest BCUT2D eigenvalue weighted by Crippen LogP contribution is 2.42. The van der Waals surface area contributed by atoms with Crippen LogP contribution in [0.15, 0.2) is 42.5 Å².